The van der Waals surface area contributed by atoms with E-state index in [0.717, 1.165) is 19.5 Å². The summed E-state index contributed by atoms with van der Waals surface area (Å²) in [5, 5.41) is 3.62. The predicted molar refractivity (Wildman–Crippen MR) is 85.8 cm³/mol. The van der Waals surface area contributed by atoms with Crippen molar-refractivity contribution in [2.24, 2.45) is 11.8 Å². The van der Waals surface area contributed by atoms with Crippen molar-refractivity contribution in [1.82, 2.24) is 10.2 Å². The second kappa shape index (κ2) is 7.76. The van der Waals surface area contributed by atoms with E-state index in [0.29, 0.717) is 36.2 Å². The molecule has 1 N–H and O–H groups in total. The lowest BCUT2D eigenvalue weighted by molar-refractivity contribution is 0.106. The minimum atomic E-state index is -2.87. The molecule has 120 valence electrons. The van der Waals surface area contributed by atoms with Crippen molar-refractivity contribution in [1.29, 1.82) is 0 Å². The number of hydrogen-bond donors (Lipinski definition) is 1. The van der Waals surface area contributed by atoms with Crippen LogP contribution in [0.1, 0.15) is 41.0 Å². The highest BCUT2D eigenvalue weighted by molar-refractivity contribution is 7.91. The van der Waals surface area contributed by atoms with Gasteiger partial charge in [-0.3, -0.25) is 4.90 Å². The second-order valence-electron chi connectivity index (χ2n) is 6.77. The third-order valence-electron chi connectivity index (χ3n) is 4.24. The first kappa shape index (κ1) is 17.9. The zero-order valence-electron chi connectivity index (χ0n) is 13.7. The van der Waals surface area contributed by atoms with Crippen LogP contribution < -0.4 is 5.32 Å². The summed E-state index contributed by atoms with van der Waals surface area (Å²) in [5.41, 5.74) is 0. The van der Waals surface area contributed by atoms with Gasteiger partial charge in [-0.05, 0) is 18.3 Å². The van der Waals surface area contributed by atoms with Crippen LogP contribution in [0.3, 0.4) is 0 Å². The van der Waals surface area contributed by atoms with E-state index in [9.17, 15) is 8.42 Å². The van der Waals surface area contributed by atoms with Crippen molar-refractivity contribution in [3.63, 3.8) is 0 Å². The minimum absolute atomic E-state index is 0.252. The van der Waals surface area contributed by atoms with Crippen molar-refractivity contribution in [2.75, 3.05) is 31.1 Å². The highest BCUT2D eigenvalue weighted by Gasteiger charge is 2.30. The molecule has 2 atom stereocenters. The van der Waals surface area contributed by atoms with Gasteiger partial charge in [0.05, 0.1) is 5.75 Å². The Balaban J connectivity index is 2.66. The summed E-state index contributed by atoms with van der Waals surface area (Å²) in [7, 11) is -2.87. The molecule has 5 heteroatoms. The molecule has 0 aliphatic carbocycles. The molecule has 1 aliphatic rings. The Morgan fingerprint density at radius 2 is 1.90 bits per heavy atom. The van der Waals surface area contributed by atoms with E-state index in [1.165, 1.54) is 0 Å². The minimum Gasteiger partial charge on any atom is -0.311 e. The Morgan fingerprint density at radius 3 is 2.40 bits per heavy atom. The van der Waals surface area contributed by atoms with Crippen LogP contribution in [0.25, 0.3) is 0 Å². The SMILES string of the molecule is CCS(=O)(=O)CCN1CC(C(C)C)NCC1CC(C)C. The van der Waals surface area contributed by atoms with E-state index in [1.807, 2.05) is 0 Å². The van der Waals surface area contributed by atoms with Gasteiger partial charge in [0.25, 0.3) is 0 Å². The first-order chi connectivity index (χ1) is 9.25. The molecule has 0 radical (unpaired) electrons. The maximum atomic E-state index is 11.7. The zero-order chi connectivity index (χ0) is 15.3. The van der Waals surface area contributed by atoms with Gasteiger partial charge in [0.2, 0.25) is 0 Å². The first-order valence-electron chi connectivity index (χ1n) is 7.93. The van der Waals surface area contributed by atoms with Crippen LogP contribution in [0, 0.1) is 11.8 Å². The van der Waals surface area contributed by atoms with E-state index in [2.05, 4.69) is 37.9 Å². The molecule has 1 rings (SSSR count). The maximum Gasteiger partial charge on any atom is 0.151 e. The average Bonchev–Trinajstić information content (AvgIpc) is 2.36. The number of nitrogens with zero attached hydrogens (tertiary/aromatic N) is 1. The van der Waals surface area contributed by atoms with Gasteiger partial charge < -0.3 is 5.32 Å². The standard InChI is InChI=1S/C15H32N2O2S/c1-6-20(18,19)8-7-17-11-15(13(4)5)16-10-14(17)9-12(2)3/h12-16H,6-11H2,1-5H3. The molecule has 0 aromatic carbocycles. The summed E-state index contributed by atoms with van der Waals surface area (Å²) in [6.45, 7) is 13.3. The largest absolute Gasteiger partial charge is 0.311 e. The average molecular weight is 305 g/mol. The maximum absolute atomic E-state index is 11.7. The summed E-state index contributed by atoms with van der Waals surface area (Å²) in [5.74, 6) is 1.77. The van der Waals surface area contributed by atoms with Crippen LogP contribution in [-0.4, -0.2) is 56.5 Å². The predicted octanol–water partition coefficient (Wildman–Crippen LogP) is 1.77. The zero-order valence-corrected chi connectivity index (χ0v) is 14.5. The molecule has 1 aliphatic heterocycles. The Morgan fingerprint density at radius 1 is 1.25 bits per heavy atom. The van der Waals surface area contributed by atoms with Crippen molar-refractivity contribution in [2.45, 2.75) is 53.1 Å². The van der Waals surface area contributed by atoms with Crippen molar-refractivity contribution in [3.05, 3.63) is 0 Å². The number of nitrogens with one attached hydrogen (secondary N) is 1. The van der Waals surface area contributed by atoms with Crippen molar-refractivity contribution < 1.29 is 8.42 Å². The smallest absolute Gasteiger partial charge is 0.151 e. The Bertz CT molecular complexity index is 379. The quantitative estimate of drug-likeness (QED) is 0.779. The highest BCUT2D eigenvalue weighted by Crippen LogP contribution is 2.18. The van der Waals surface area contributed by atoms with E-state index >= 15 is 0 Å². The van der Waals surface area contributed by atoms with Gasteiger partial charge in [-0.25, -0.2) is 8.42 Å². The molecule has 20 heavy (non-hydrogen) atoms. The van der Waals surface area contributed by atoms with Crippen LogP contribution in [0.5, 0.6) is 0 Å². The van der Waals surface area contributed by atoms with Gasteiger partial charge >= 0.3 is 0 Å². The summed E-state index contributed by atoms with van der Waals surface area (Å²) >= 11 is 0. The topological polar surface area (TPSA) is 49.4 Å². The van der Waals surface area contributed by atoms with E-state index < -0.39 is 9.84 Å². The molecule has 0 spiro atoms. The number of sulfone groups is 1. The molecule has 4 nitrogen and oxygen atoms in total. The van der Waals surface area contributed by atoms with Crippen LogP contribution in [0.2, 0.25) is 0 Å². The molecular formula is C15H32N2O2S. The first-order valence-corrected chi connectivity index (χ1v) is 9.75. The van der Waals surface area contributed by atoms with Gasteiger partial charge in [-0.2, -0.15) is 0 Å². The Kier molecular flexibility index (Phi) is 6.95. The molecular weight excluding hydrogens is 272 g/mol. The fourth-order valence-electron chi connectivity index (χ4n) is 2.78. The Labute approximate surface area is 125 Å². The normalized spacial score (nSPS) is 25.6. The molecule has 1 fully saturated rings. The molecule has 1 heterocycles. The van der Waals surface area contributed by atoms with Gasteiger partial charge in [-0.1, -0.05) is 34.6 Å². The van der Waals surface area contributed by atoms with E-state index in [1.54, 1.807) is 6.92 Å². The third-order valence-corrected chi connectivity index (χ3v) is 5.93. The van der Waals surface area contributed by atoms with E-state index in [-0.39, 0.29) is 5.75 Å². The molecule has 0 amide bonds. The van der Waals surface area contributed by atoms with Gasteiger partial charge in [0.15, 0.2) is 9.84 Å². The second-order valence-corrected chi connectivity index (χ2v) is 9.25. The fourth-order valence-corrected chi connectivity index (χ4v) is 3.58. The van der Waals surface area contributed by atoms with Crippen molar-refractivity contribution >= 4 is 9.84 Å². The lowest BCUT2D eigenvalue weighted by Gasteiger charge is -2.42. The number of rotatable bonds is 7. The molecule has 0 aromatic rings. The van der Waals surface area contributed by atoms with E-state index in [4.69, 9.17) is 0 Å². The number of piperazine rings is 1. The molecule has 2 unspecified atom stereocenters. The molecule has 0 saturated carbocycles. The molecule has 1 saturated heterocycles. The lowest BCUT2D eigenvalue weighted by atomic mass is 9.95. The van der Waals surface area contributed by atoms with Gasteiger partial charge in [-0.15, -0.1) is 0 Å². The van der Waals surface area contributed by atoms with Crippen LogP contribution in [0.15, 0.2) is 0 Å². The van der Waals surface area contributed by atoms with Gasteiger partial charge in [0, 0.05) is 37.5 Å². The van der Waals surface area contributed by atoms with Gasteiger partial charge in [0.1, 0.15) is 0 Å². The molecule has 0 bridgehead atoms. The lowest BCUT2D eigenvalue weighted by Crippen LogP contribution is -2.59. The summed E-state index contributed by atoms with van der Waals surface area (Å²) in [6.07, 6.45) is 1.13. The van der Waals surface area contributed by atoms with Crippen molar-refractivity contribution in [3.8, 4) is 0 Å². The Hall–Kier alpha value is -0.130. The number of hydrogen-bond acceptors (Lipinski definition) is 4. The summed E-state index contributed by atoms with van der Waals surface area (Å²) < 4.78 is 23.5. The van der Waals surface area contributed by atoms with Crippen LogP contribution >= 0.6 is 0 Å². The monoisotopic (exact) mass is 304 g/mol. The van der Waals surface area contributed by atoms with Crippen LogP contribution in [0.4, 0.5) is 0 Å². The summed E-state index contributed by atoms with van der Waals surface area (Å²) in [6, 6.07) is 0.944. The third kappa shape index (κ3) is 5.70. The fraction of sp³-hybridized carbons (Fsp3) is 1.00. The van der Waals surface area contributed by atoms with Crippen LogP contribution in [-0.2, 0) is 9.84 Å². The summed E-state index contributed by atoms with van der Waals surface area (Å²) in [4.78, 5) is 2.40. The molecule has 0 aromatic heterocycles. The highest BCUT2D eigenvalue weighted by atomic mass is 32.2.